The van der Waals surface area contributed by atoms with Gasteiger partial charge in [-0.3, -0.25) is 4.79 Å². The van der Waals surface area contributed by atoms with Gasteiger partial charge in [0.2, 0.25) is 0 Å². The van der Waals surface area contributed by atoms with E-state index in [1.807, 2.05) is 6.92 Å². The van der Waals surface area contributed by atoms with Gasteiger partial charge in [0, 0.05) is 11.8 Å². The average Bonchev–Trinajstić information content (AvgIpc) is 2.51. The maximum atomic E-state index is 11.8. The zero-order valence-electron chi connectivity index (χ0n) is 12.8. The summed E-state index contributed by atoms with van der Waals surface area (Å²) in [5.74, 6) is 0.370. The lowest BCUT2D eigenvalue weighted by atomic mass is 10.1. The summed E-state index contributed by atoms with van der Waals surface area (Å²) < 4.78 is 29.0. The number of pyridine rings is 1. The van der Waals surface area contributed by atoms with Crippen LogP contribution < -0.4 is 10.3 Å². The van der Waals surface area contributed by atoms with Crippen molar-refractivity contribution in [3.63, 3.8) is 0 Å². The molecule has 0 aliphatic carbocycles. The number of H-pyrrole nitrogens is 1. The zero-order chi connectivity index (χ0) is 17.0. The first-order valence-corrected chi connectivity index (χ1v) is 8.86. The largest absolute Gasteiger partial charge is 0.493 e. The highest BCUT2D eigenvalue weighted by Crippen LogP contribution is 2.31. The van der Waals surface area contributed by atoms with Crippen LogP contribution in [0.15, 0.2) is 40.0 Å². The van der Waals surface area contributed by atoms with Crippen LogP contribution in [0.1, 0.15) is 18.9 Å². The summed E-state index contributed by atoms with van der Waals surface area (Å²) in [5, 5.41) is 8.82. The minimum Gasteiger partial charge on any atom is -0.493 e. The van der Waals surface area contributed by atoms with Crippen LogP contribution in [-0.2, 0) is 9.84 Å². The molecule has 0 atom stereocenters. The summed E-state index contributed by atoms with van der Waals surface area (Å²) in [6.07, 6.45) is 1.88. The fraction of sp³-hybridized carbons (Fsp3) is 0.250. The summed E-state index contributed by atoms with van der Waals surface area (Å²) in [7, 11) is -3.36. The van der Waals surface area contributed by atoms with Crippen molar-refractivity contribution in [3.8, 4) is 23.1 Å². The quantitative estimate of drug-likeness (QED) is 0.904. The van der Waals surface area contributed by atoms with Crippen molar-refractivity contribution in [1.82, 2.24) is 4.98 Å². The number of rotatable bonds is 5. The van der Waals surface area contributed by atoms with Crippen molar-refractivity contribution in [2.24, 2.45) is 0 Å². The Labute approximate surface area is 134 Å². The minimum absolute atomic E-state index is 0.0116. The molecule has 0 aliphatic heterocycles. The van der Waals surface area contributed by atoms with Crippen LogP contribution in [0, 0.1) is 11.3 Å². The van der Waals surface area contributed by atoms with Gasteiger partial charge in [-0.2, -0.15) is 5.26 Å². The van der Waals surface area contributed by atoms with Gasteiger partial charge >= 0.3 is 0 Å². The maximum absolute atomic E-state index is 11.8. The highest BCUT2D eigenvalue weighted by molar-refractivity contribution is 7.90. The maximum Gasteiger partial charge on any atom is 0.266 e. The SMILES string of the molecule is CCCOc1cc(S(C)(=O)=O)ccc1-c1ccc(C#N)c(=O)[nH]1. The lowest BCUT2D eigenvalue weighted by Crippen LogP contribution is -2.10. The molecule has 7 heteroatoms. The highest BCUT2D eigenvalue weighted by Gasteiger charge is 2.14. The second-order valence-electron chi connectivity index (χ2n) is 5.01. The van der Waals surface area contributed by atoms with Crippen LogP contribution in [0.2, 0.25) is 0 Å². The molecule has 0 aliphatic rings. The Morgan fingerprint density at radius 1 is 1.26 bits per heavy atom. The number of hydrogen-bond acceptors (Lipinski definition) is 5. The van der Waals surface area contributed by atoms with Gasteiger partial charge in [0.25, 0.3) is 5.56 Å². The van der Waals surface area contributed by atoms with Crippen LogP contribution in [0.5, 0.6) is 5.75 Å². The molecular formula is C16H16N2O4S. The van der Waals surface area contributed by atoms with Crippen molar-refractivity contribution in [3.05, 3.63) is 46.2 Å². The third kappa shape index (κ3) is 3.79. The van der Waals surface area contributed by atoms with Crippen molar-refractivity contribution in [2.75, 3.05) is 12.9 Å². The molecule has 1 aromatic carbocycles. The molecule has 2 rings (SSSR count). The van der Waals surface area contributed by atoms with Gasteiger partial charge in [0.1, 0.15) is 17.4 Å². The van der Waals surface area contributed by atoms with Crippen LogP contribution in [-0.4, -0.2) is 26.3 Å². The molecule has 1 N–H and O–H groups in total. The number of ether oxygens (including phenoxy) is 1. The van der Waals surface area contributed by atoms with E-state index in [2.05, 4.69) is 4.98 Å². The van der Waals surface area contributed by atoms with Crippen molar-refractivity contribution < 1.29 is 13.2 Å². The van der Waals surface area contributed by atoms with Crippen LogP contribution >= 0.6 is 0 Å². The van der Waals surface area contributed by atoms with Crippen LogP contribution in [0.25, 0.3) is 11.3 Å². The Bertz CT molecular complexity index is 924. The average molecular weight is 332 g/mol. The van der Waals surface area contributed by atoms with E-state index in [0.29, 0.717) is 23.6 Å². The number of benzene rings is 1. The van der Waals surface area contributed by atoms with Gasteiger partial charge in [0.15, 0.2) is 9.84 Å². The molecule has 6 nitrogen and oxygen atoms in total. The molecule has 0 bridgehead atoms. The number of sulfone groups is 1. The van der Waals surface area contributed by atoms with E-state index >= 15 is 0 Å². The molecule has 120 valence electrons. The van der Waals surface area contributed by atoms with Gasteiger partial charge in [-0.15, -0.1) is 0 Å². The summed E-state index contributed by atoms with van der Waals surface area (Å²) >= 11 is 0. The minimum atomic E-state index is -3.36. The summed E-state index contributed by atoms with van der Waals surface area (Å²) in [6, 6.07) is 9.29. The number of nitrogens with one attached hydrogen (secondary N) is 1. The second kappa shape index (κ2) is 6.67. The van der Waals surface area contributed by atoms with Gasteiger partial charge in [-0.25, -0.2) is 8.42 Å². The predicted octanol–water partition coefficient (Wildman–Crippen LogP) is 2.11. The van der Waals surface area contributed by atoms with E-state index in [1.165, 1.54) is 18.2 Å². The van der Waals surface area contributed by atoms with E-state index in [9.17, 15) is 13.2 Å². The van der Waals surface area contributed by atoms with E-state index in [-0.39, 0.29) is 10.5 Å². The van der Waals surface area contributed by atoms with Crippen LogP contribution in [0.4, 0.5) is 0 Å². The molecule has 0 amide bonds. The third-order valence-corrected chi connectivity index (χ3v) is 4.27. The Morgan fingerprint density at radius 2 is 2.00 bits per heavy atom. The summed E-state index contributed by atoms with van der Waals surface area (Å²) in [5.41, 5.74) is 0.531. The first-order valence-electron chi connectivity index (χ1n) is 6.97. The van der Waals surface area contributed by atoms with E-state index < -0.39 is 15.4 Å². The molecule has 0 fully saturated rings. The smallest absolute Gasteiger partial charge is 0.266 e. The number of nitrogens with zero attached hydrogens (tertiary/aromatic N) is 1. The first-order chi connectivity index (χ1) is 10.9. The number of nitriles is 1. The third-order valence-electron chi connectivity index (χ3n) is 3.16. The summed E-state index contributed by atoms with van der Waals surface area (Å²) in [6.45, 7) is 2.35. The second-order valence-corrected chi connectivity index (χ2v) is 7.02. The Morgan fingerprint density at radius 3 is 2.57 bits per heavy atom. The van der Waals surface area contributed by atoms with Crippen LogP contribution in [0.3, 0.4) is 0 Å². The fourth-order valence-electron chi connectivity index (χ4n) is 2.01. The Kier molecular flexibility index (Phi) is 4.86. The van der Waals surface area contributed by atoms with E-state index in [4.69, 9.17) is 10.00 Å². The topological polar surface area (TPSA) is 100 Å². The number of aromatic nitrogens is 1. The lowest BCUT2D eigenvalue weighted by Gasteiger charge is -2.12. The van der Waals surface area contributed by atoms with Crippen molar-refractivity contribution >= 4 is 9.84 Å². The fourth-order valence-corrected chi connectivity index (χ4v) is 2.64. The standard InChI is InChI=1S/C16H16N2O4S/c1-3-8-22-15-9-12(23(2,20)21)5-6-13(15)14-7-4-11(10-17)16(19)18-14/h4-7,9H,3,8H2,1-2H3,(H,18,19). The van der Waals surface area contributed by atoms with Gasteiger partial charge in [-0.1, -0.05) is 6.92 Å². The summed E-state index contributed by atoms with van der Waals surface area (Å²) in [4.78, 5) is 14.5. The number of aromatic amines is 1. The van der Waals surface area contributed by atoms with E-state index in [1.54, 1.807) is 18.2 Å². The molecule has 0 unspecified atom stereocenters. The lowest BCUT2D eigenvalue weighted by molar-refractivity contribution is 0.318. The Balaban J connectivity index is 2.59. The van der Waals surface area contributed by atoms with Crippen molar-refractivity contribution in [1.29, 1.82) is 5.26 Å². The molecule has 23 heavy (non-hydrogen) atoms. The molecule has 0 radical (unpaired) electrons. The van der Waals surface area contributed by atoms with Gasteiger partial charge < -0.3 is 9.72 Å². The molecule has 1 aromatic heterocycles. The first kappa shape index (κ1) is 16.8. The molecule has 0 saturated carbocycles. The number of hydrogen-bond donors (Lipinski definition) is 1. The predicted molar refractivity (Wildman–Crippen MR) is 86.1 cm³/mol. The van der Waals surface area contributed by atoms with E-state index in [0.717, 1.165) is 12.7 Å². The molecule has 0 spiro atoms. The van der Waals surface area contributed by atoms with Crippen molar-refractivity contribution in [2.45, 2.75) is 18.2 Å². The molecule has 1 heterocycles. The highest BCUT2D eigenvalue weighted by atomic mass is 32.2. The molecule has 2 aromatic rings. The molecule has 0 saturated heterocycles. The monoisotopic (exact) mass is 332 g/mol. The molecular weight excluding hydrogens is 316 g/mol. The zero-order valence-corrected chi connectivity index (χ0v) is 13.6. The Hall–Kier alpha value is -2.59. The van der Waals surface area contributed by atoms with Gasteiger partial charge in [0.05, 0.1) is 17.2 Å². The van der Waals surface area contributed by atoms with Gasteiger partial charge in [-0.05, 0) is 36.8 Å². The normalized spacial score (nSPS) is 11.0.